The topological polar surface area (TPSA) is 47.6 Å². The molecule has 1 N–H and O–H groups in total. The standard InChI is InChI=1S/C36H35NO3/c1-26(37-24-28-15-16-30-11-6-7-12-33(30)22-28)35(31-17-19-32(20-18-31)36(38)39-2)23-27-9-8-10-29(21-27)25-40-34-13-4-3-5-14-34/h3-22,26,35,37H,23-25H2,1-2H3. The maximum atomic E-state index is 12.0. The summed E-state index contributed by atoms with van der Waals surface area (Å²) in [5.74, 6) is 0.733. The fourth-order valence-corrected chi connectivity index (χ4v) is 5.12. The van der Waals surface area contributed by atoms with Crippen molar-refractivity contribution < 1.29 is 14.3 Å². The van der Waals surface area contributed by atoms with Crippen LogP contribution in [0.25, 0.3) is 10.8 Å². The van der Waals surface area contributed by atoms with Crippen molar-refractivity contribution in [2.24, 2.45) is 0 Å². The van der Waals surface area contributed by atoms with Crippen molar-refractivity contribution in [2.75, 3.05) is 7.11 Å². The van der Waals surface area contributed by atoms with Crippen LogP contribution in [0.5, 0.6) is 5.75 Å². The summed E-state index contributed by atoms with van der Waals surface area (Å²) in [4.78, 5) is 12.0. The monoisotopic (exact) mass is 529 g/mol. The molecule has 202 valence electrons. The molecule has 5 rings (SSSR count). The van der Waals surface area contributed by atoms with Gasteiger partial charge in [-0.1, -0.05) is 91.0 Å². The number of hydrogen-bond acceptors (Lipinski definition) is 4. The molecule has 4 heteroatoms. The molecule has 0 aliphatic rings. The predicted octanol–water partition coefficient (Wildman–Crippen LogP) is 7.71. The van der Waals surface area contributed by atoms with E-state index in [1.807, 2.05) is 54.6 Å². The van der Waals surface area contributed by atoms with Crippen LogP contribution in [-0.4, -0.2) is 19.1 Å². The minimum absolute atomic E-state index is 0.180. The van der Waals surface area contributed by atoms with E-state index in [-0.39, 0.29) is 17.9 Å². The number of benzene rings is 5. The number of nitrogens with one attached hydrogen (secondary N) is 1. The summed E-state index contributed by atoms with van der Waals surface area (Å²) >= 11 is 0. The lowest BCUT2D eigenvalue weighted by atomic mass is 9.85. The molecule has 0 spiro atoms. The predicted molar refractivity (Wildman–Crippen MR) is 162 cm³/mol. The molecule has 2 atom stereocenters. The number of esters is 1. The van der Waals surface area contributed by atoms with Gasteiger partial charge in [0, 0.05) is 18.5 Å². The Morgan fingerprint density at radius 1 is 0.725 bits per heavy atom. The SMILES string of the molecule is COC(=O)c1ccc(C(Cc2cccc(COc3ccccc3)c2)C(C)NCc2ccc3ccccc3c2)cc1. The van der Waals surface area contributed by atoms with Crippen LogP contribution in [0.15, 0.2) is 121 Å². The highest BCUT2D eigenvalue weighted by Gasteiger charge is 2.21. The fourth-order valence-electron chi connectivity index (χ4n) is 5.12. The van der Waals surface area contributed by atoms with Crippen LogP contribution in [0.3, 0.4) is 0 Å². The quantitative estimate of drug-likeness (QED) is 0.178. The zero-order valence-electron chi connectivity index (χ0n) is 23.0. The van der Waals surface area contributed by atoms with E-state index in [1.54, 1.807) is 0 Å². The summed E-state index contributed by atoms with van der Waals surface area (Å²) in [5.41, 5.74) is 5.37. The molecule has 0 fully saturated rings. The summed E-state index contributed by atoms with van der Waals surface area (Å²) in [6.07, 6.45) is 0.850. The molecule has 0 saturated carbocycles. The van der Waals surface area contributed by atoms with E-state index >= 15 is 0 Å². The van der Waals surface area contributed by atoms with Crippen LogP contribution >= 0.6 is 0 Å². The Kier molecular flexibility index (Phi) is 8.89. The molecule has 0 saturated heterocycles. The normalized spacial score (nSPS) is 12.6. The van der Waals surface area contributed by atoms with Crippen LogP contribution in [0.1, 0.15) is 45.5 Å². The zero-order valence-corrected chi connectivity index (χ0v) is 23.0. The summed E-state index contributed by atoms with van der Waals surface area (Å²) in [6.45, 7) is 3.53. The first-order chi connectivity index (χ1) is 19.6. The summed E-state index contributed by atoms with van der Waals surface area (Å²) < 4.78 is 10.9. The molecular weight excluding hydrogens is 494 g/mol. The van der Waals surface area contributed by atoms with Crippen LogP contribution in [0.2, 0.25) is 0 Å². The lowest BCUT2D eigenvalue weighted by Gasteiger charge is -2.26. The third-order valence-corrected chi connectivity index (χ3v) is 7.40. The van der Waals surface area contributed by atoms with E-state index in [0.29, 0.717) is 12.2 Å². The molecule has 5 aromatic rings. The molecule has 5 aromatic carbocycles. The van der Waals surface area contributed by atoms with E-state index < -0.39 is 0 Å². The Morgan fingerprint density at radius 3 is 2.23 bits per heavy atom. The maximum Gasteiger partial charge on any atom is 0.337 e. The molecule has 0 heterocycles. The van der Waals surface area contributed by atoms with Crippen LogP contribution < -0.4 is 10.1 Å². The van der Waals surface area contributed by atoms with Crippen molar-refractivity contribution in [3.8, 4) is 5.75 Å². The highest BCUT2D eigenvalue weighted by molar-refractivity contribution is 5.89. The first-order valence-electron chi connectivity index (χ1n) is 13.7. The number of ether oxygens (including phenoxy) is 2. The second-order valence-electron chi connectivity index (χ2n) is 10.2. The Bertz CT molecular complexity index is 1550. The molecule has 2 unspecified atom stereocenters. The molecular formula is C36H35NO3. The van der Waals surface area contributed by atoms with Crippen molar-refractivity contribution in [1.82, 2.24) is 5.32 Å². The van der Waals surface area contributed by atoms with Crippen molar-refractivity contribution in [1.29, 1.82) is 0 Å². The van der Waals surface area contributed by atoms with Gasteiger partial charge in [-0.15, -0.1) is 0 Å². The second-order valence-corrected chi connectivity index (χ2v) is 10.2. The Labute approximate surface area is 236 Å². The summed E-state index contributed by atoms with van der Waals surface area (Å²) in [6, 6.07) is 41.6. The summed E-state index contributed by atoms with van der Waals surface area (Å²) in [7, 11) is 1.41. The van der Waals surface area contributed by atoms with Gasteiger partial charge in [0.25, 0.3) is 0 Å². The molecule has 0 aliphatic carbocycles. The van der Waals surface area contributed by atoms with Gasteiger partial charge in [0.15, 0.2) is 0 Å². The molecule has 4 nitrogen and oxygen atoms in total. The number of rotatable bonds is 11. The average molecular weight is 530 g/mol. The summed E-state index contributed by atoms with van der Waals surface area (Å²) in [5, 5.41) is 6.27. The van der Waals surface area contributed by atoms with E-state index in [0.717, 1.165) is 24.3 Å². The van der Waals surface area contributed by atoms with Crippen LogP contribution in [0, 0.1) is 0 Å². The van der Waals surface area contributed by atoms with Gasteiger partial charge in [0.2, 0.25) is 0 Å². The van der Waals surface area contributed by atoms with Crippen LogP contribution in [-0.2, 0) is 24.3 Å². The van der Waals surface area contributed by atoms with Gasteiger partial charge in [0.05, 0.1) is 12.7 Å². The van der Waals surface area contributed by atoms with E-state index in [9.17, 15) is 4.79 Å². The van der Waals surface area contributed by atoms with Gasteiger partial charge in [0.1, 0.15) is 12.4 Å². The third-order valence-electron chi connectivity index (χ3n) is 7.40. The number of carbonyl (C=O) groups is 1. The van der Waals surface area contributed by atoms with Crippen LogP contribution in [0.4, 0.5) is 0 Å². The fraction of sp³-hybridized carbons (Fsp3) is 0.194. The van der Waals surface area contributed by atoms with Crippen molar-refractivity contribution in [3.05, 3.63) is 149 Å². The van der Waals surface area contributed by atoms with Gasteiger partial charge in [-0.05, 0) is 76.7 Å². The lowest BCUT2D eigenvalue weighted by molar-refractivity contribution is 0.0600. The third kappa shape index (κ3) is 6.96. The number of hydrogen-bond donors (Lipinski definition) is 1. The number of para-hydroxylation sites is 1. The second kappa shape index (κ2) is 13.1. The smallest absolute Gasteiger partial charge is 0.337 e. The Balaban J connectivity index is 1.33. The first-order valence-corrected chi connectivity index (χ1v) is 13.7. The van der Waals surface area contributed by atoms with Gasteiger partial charge >= 0.3 is 5.97 Å². The zero-order chi connectivity index (χ0) is 27.7. The van der Waals surface area contributed by atoms with E-state index in [4.69, 9.17) is 9.47 Å². The molecule has 40 heavy (non-hydrogen) atoms. The number of methoxy groups -OCH3 is 1. The van der Waals surface area contributed by atoms with Crippen molar-refractivity contribution >= 4 is 16.7 Å². The van der Waals surface area contributed by atoms with E-state index in [1.165, 1.54) is 34.6 Å². The number of fused-ring (bicyclic) bond motifs is 1. The first kappa shape index (κ1) is 27.2. The van der Waals surface area contributed by atoms with E-state index in [2.05, 4.69) is 79.0 Å². The maximum absolute atomic E-state index is 12.0. The van der Waals surface area contributed by atoms with Gasteiger partial charge in [-0.3, -0.25) is 0 Å². The average Bonchev–Trinajstić information content (AvgIpc) is 3.02. The number of carbonyl (C=O) groups excluding carboxylic acids is 1. The largest absolute Gasteiger partial charge is 0.489 e. The van der Waals surface area contributed by atoms with Crippen molar-refractivity contribution in [2.45, 2.75) is 38.5 Å². The lowest BCUT2D eigenvalue weighted by Crippen LogP contribution is -2.33. The highest BCUT2D eigenvalue weighted by atomic mass is 16.5. The molecule has 0 aliphatic heterocycles. The van der Waals surface area contributed by atoms with Gasteiger partial charge < -0.3 is 14.8 Å². The molecule has 0 aromatic heterocycles. The highest BCUT2D eigenvalue weighted by Crippen LogP contribution is 2.27. The Morgan fingerprint density at radius 2 is 1.45 bits per heavy atom. The van der Waals surface area contributed by atoms with Gasteiger partial charge in [-0.25, -0.2) is 4.79 Å². The molecule has 0 bridgehead atoms. The van der Waals surface area contributed by atoms with Gasteiger partial charge in [-0.2, -0.15) is 0 Å². The molecule has 0 radical (unpaired) electrons. The Hall–Kier alpha value is -4.41. The minimum atomic E-state index is -0.323. The van der Waals surface area contributed by atoms with Crippen molar-refractivity contribution in [3.63, 3.8) is 0 Å². The molecule has 0 amide bonds. The minimum Gasteiger partial charge on any atom is -0.489 e.